The van der Waals surface area contributed by atoms with Gasteiger partial charge in [0.2, 0.25) is 0 Å². The first kappa shape index (κ1) is 16.3. The van der Waals surface area contributed by atoms with Gasteiger partial charge in [0.1, 0.15) is 0 Å². The third-order valence-corrected chi connectivity index (χ3v) is 1.87. The van der Waals surface area contributed by atoms with Gasteiger partial charge < -0.3 is 11.5 Å². The second kappa shape index (κ2) is 8.16. The summed E-state index contributed by atoms with van der Waals surface area (Å²) in [4.78, 5) is 0. The van der Waals surface area contributed by atoms with E-state index in [1.807, 2.05) is 13.8 Å². The molecule has 0 saturated heterocycles. The molecular weight excluding hydrogens is 216 g/mol. The minimum atomic E-state index is -0.0774. The smallest absolute Gasteiger partial charge is 0.0953 e. The Kier molecular flexibility index (Phi) is 8.85. The normalized spacial score (nSPS) is 14.3. The molecule has 0 aromatic rings. The molecule has 0 spiro atoms. The molecule has 0 fully saturated rings. The van der Waals surface area contributed by atoms with E-state index in [2.05, 4.69) is 10.2 Å². The number of hydrogen-bond donors (Lipinski definition) is 4. The second-order valence-electron chi connectivity index (χ2n) is 3.36. The van der Waals surface area contributed by atoms with Crippen molar-refractivity contribution in [1.29, 1.82) is 10.8 Å². The van der Waals surface area contributed by atoms with E-state index < -0.39 is 0 Å². The fraction of sp³-hybridized carbons (Fsp3) is 0.750. The first-order valence-electron chi connectivity index (χ1n) is 4.46. The van der Waals surface area contributed by atoms with Crippen LogP contribution >= 0.6 is 12.4 Å². The highest BCUT2D eigenvalue weighted by atomic mass is 35.5. The van der Waals surface area contributed by atoms with Crippen LogP contribution in [-0.2, 0) is 0 Å². The lowest BCUT2D eigenvalue weighted by Gasteiger charge is -2.05. The van der Waals surface area contributed by atoms with Crippen molar-refractivity contribution < 1.29 is 0 Å². The molecule has 0 aromatic heterocycles. The van der Waals surface area contributed by atoms with Gasteiger partial charge in [-0.2, -0.15) is 10.2 Å². The van der Waals surface area contributed by atoms with E-state index in [1.54, 1.807) is 0 Å². The van der Waals surface area contributed by atoms with Crippen LogP contribution in [0.4, 0.5) is 0 Å². The quantitative estimate of drug-likeness (QED) is 0.311. The Hall–Kier alpha value is -1.17. The van der Waals surface area contributed by atoms with Crippen molar-refractivity contribution in [1.82, 2.24) is 0 Å². The maximum absolute atomic E-state index is 7.11. The Morgan fingerprint density at radius 2 is 1.27 bits per heavy atom. The highest BCUT2D eigenvalue weighted by Gasteiger charge is 2.05. The molecule has 2 unspecified atom stereocenters. The van der Waals surface area contributed by atoms with Crippen LogP contribution in [0, 0.1) is 22.7 Å². The molecule has 15 heavy (non-hydrogen) atoms. The van der Waals surface area contributed by atoms with Gasteiger partial charge in [-0.1, -0.05) is 13.8 Å². The molecule has 0 aromatic carbocycles. The topological polar surface area (TPSA) is 124 Å². The Balaban J connectivity index is 0. The van der Waals surface area contributed by atoms with Gasteiger partial charge in [-0.15, -0.1) is 12.4 Å². The Morgan fingerprint density at radius 3 is 1.47 bits per heavy atom. The summed E-state index contributed by atoms with van der Waals surface area (Å²) in [6, 6.07) is 0. The number of nitrogens with two attached hydrogens (primary N) is 2. The molecule has 0 aliphatic rings. The molecule has 0 radical (unpaired) electrons. The third kappa shape index (κ3) is 7.87. The van der Waals surface area contributed by atoms with E-state index in [0.717, 1.165) is 0 Å². The van der Waals surface area contributed by atoms with Gasteiger partial charge in [0.05, 0.1) is 24.8 Å². The molecule has 7 heteroatoms. The van der Waals surface area contributed by atoms with Crippen LogP contribution in [-0.4, -0.2) is 24.8 Å². The van der Waals surface area contributed by atoms with E-state index in [-0.39, 0.29) is 35.9 Å². The minimum absolute atomic E-state index is 0. The number of halogens is 1. The predicted molar refractivity (Wildman–Crippen MR) is 64.0 cm³/mol. The van der Waals surface area contributed by atoms with Crippen molar-refractivity contribution >= 4 is 24.1 Å². The van der Waals surface area contributed by atoms with E-state index in [0.29, 0.717) is 13.1 Å². The molecule has 0 rings (SSSR count). The lowest BCUT2D eigenvalue weighted by molar-refractivity contribution is 0.680. The molecule has 6 N–H and O–H groups in total. The molecule has 6 nitrogen and oxygen atoms in total. The summed E-state index contributed by atoms with van der Waals surface area (Å²) in [6.45, 7) is 4.46. The molecule has 0 aliphatic heterocycles. The molecule has 88 valence electrons. The molecule has 2 atom stereocenters. The van der Waals surface area contributed by atoms with Gasteiger partial charge in [-0.05, 0) is 0 Å². The zero-order chi connectivity index (χ0) is 11.1. The monoisotopic (exact) mass is 234 g/mol. The largest absolute Gasteiger partial charge is 0.387 e. The van der Waals surface area contributed by atoms with E-state index in [4.69, 9.17) is 22.3 Å². The number of nitrogens with zero attached hydrogens (tertiary/aromatic N) is 2. The summed E-state index contributed by atoms with van der Waals surface area (Å²) in [5.41, 5.74) is 10.5. The maximum Gasteiger partial charge on any atom is 0.0953 e. The number of azo groups is 1. The Bertz CT molecular complexity index is 215. The van der Waals surface area contributed by atoms with Gasteiger partial charge >= 0.3 is 0 Å². The fourth-order valence-corrected chi connectivity index (χ4v) is 0.557. The maximum atomic E-state index is 7.11. The zero-order valence-electron chi connectivity index (χ0n) is 9.03. The van der Waals surface area contributed by atoms with E-state index in [1.165, 1.54) is 0 Å². The molecule has 0 heterocycles. The van der Waals surface area contributed by atoms with Crippen LogP contribution in [0.2, 0.25) is 0 Å². The van der Waals surface area contributed by atoms with Crippen LogP contribution in [0.25, 0.3) is 0 Å². The van der Waals surface area contributed by atoms with Crippen molar-refractivity contribution in [3.8, 4) is 0 Å². The summed E-state index contributed by atoms with van der Waals surface area (Å²) in [5.74, 6) is 0.0740. The van der Waals surface area contributed by atoms with Gasteiger partial charge in [-0.25, -0.2) is 0 Å². The van der Waals surface area contributed by atoms with Crippen molar-refractivity contribution in [2.75, 3.05) is 13.1 Å². The average Bonchev–Trinajstić information content (AvgIpc) is 2.11. The summed E-state index contributed by atoms with van der Waals surface area (Å²) in [5, 5.41) is 22.0. The lowest BCUT2D eigenvalue weighted by Crippen LogP contribution is -2.23. The average molecular weight is 235 g/mol. The number of rotatable bonds is 6. The minimum Gasteiger partial charge on any atom is -0.387 e. The SMILES string of the molecule is CC(CN=NCC(C)C(=N)N)C(=N)N.Cl. The number of amidine groups is 2. The van der Waals surface area contributed by atoms with Gasteiger partial charge in [0.15, 0.2) is 0 Å². The third-order valence-electron chi connectivity index (χ3n) is 1.87. The summed E-state index contributed by atoms with van der Waals surface area (Å²) < 4.78 is 0. The van der Waals surface area contributed by atoms with Crippen LogP contribution in [0.1, 0.15) is 13.8 Å². The molecule has 0 amide bonds. The number of hydrogen-bond acceptors (Lipinski definition) is 4. The molecule has 0 saturated carbocycles. The summed E-state index contributed by atoms with van der Waals surface area (Å²) in [7, 11) is 0. The van der Waals surface area contributed by atoms with Gasteiger partial charge in [0.25, 0.3) is 0 Å². The standard InChI is InChI=1S/C8H18N6.ClH/c1-5(7(9)10)3-13-14-4-6(2)8(11)12;/h5-6H,3-4H2,1-2H3,(H3,9,10)(H3,11,12);1H. The second-order valence-corrected chi connectivity index (χ2v) is 3.36. The number of nitrogens with one attached hydrogen (secondary N) is 2. The van der Waals surface area contributed by atoms with Crippen LogP contribution in [0.15, 0.2) is 10.2 Å². The molecular formula is C8H19ClN6. The van der Waals surface area contributed by atoms with Crippen LogP contribution < -0.4 is 11.5 Å². The predicted octanol–water partition coefficient (Wildman–Crippen LogP) is 1.00. The first-order chi connectivity index (χ1) is 6.45. The Labute approximate surface area is 95.9 Å². The fourth-order valence-electron chi connectivity index (χ4n) is 0.557. The lowest BCUT2D eigenvalue weighted by atomic mass is 10.1. The van der Waals surface area contributed by atoms with Crippen molar-refractivity contribution in [3.63, 3.8) is 0 Å². The summed E-state index contributed by atoms with van der Waals surface area (Å²) in [6.07, 6.45) is 0. The van der Waals surface area contributed by atoms with E-state index >= 15 is 0 Å². The first-order valence-corrected chi connectivity index (χ1v) is 4.46. The zero-order valence-corrected chi connectivity index (χ0v) is 9.84. The Morgan fingerprint density at radius 1 is 1.00 bits per heavy atom. The van der Waals surface area contributed by atoms with Gasteiger partial charge in [0, 0.05) is 11.8 Å². The van der Waals surface area contributed by atoms with Crippen molar-refractivity contribution in [3.05, 3.63) is 0 Å². The summed E-state index contributed by atoms with van der Waals surface area (Å²) >= 11 is 0. The van der Waals surface area contributed by atoms with E-state index in [9.17, 15) is 0 Å². The highest BCUT2D eigenvalue weighted by molar-refractivity contribution is 5.85. The molecule has 0 aliphatic carbocycles. The van der Waals surface area contributed by atoms with Crippen LogP contribution in [0.3, 0.4) is 0 Å². The van der Waals surface area contributed by atoms with Crippen molar-refractivity contribution in [2.24, 2.45) is 33.5 Å². The molecule has 0 bridgehead atoms. The highest BCUT2D eigenvalue weighted by Crippen LogP contribution is 1.97. The van der Waals surface area contributed by atoms with Crippen molar-refractivity contribution in [2.45, 2.75) is 13.8 Å². The van der Waals surface area contributed by atoms with Crippen LogP contribution in [0.5, 0.6) is 0 Å². The van der Waals surface area contributed by atoms with Gasteiger partial charge in [-0.3, -0.25) is 10.8 Å².